The second kappa shape index (κ2) is 6.67. The Hall–Kier alpha value is -3.08. The molecule has 0 aliphatic heterocycles. The van der Waals surface area contributed by atoms with E-state index in [1.165, 1.54) is 6.07 Å². The first-order valence-electron chi connectivity index (χ1n) is 8.60. The first-order chi connectivity index (χ1) is 12.6. The molecule has 2 aromatic carbocycles. The molecule has 1 aromatic heterocycles. The molecule has 1 aliphatic rings. The first-order valence-corrected chi connectivity index (χ1v) is 8.60. The normalized spacial score (nSPS) is 13.5. The third-order valence-electron chi connectivity index (χ3n) is 4.50. The van der Waals surface area contributed by atoms with Crippen LogP contribution in [0, 0.1) is 5.82 Å². The van der Waals surface area contributed by atoms with Crippen LogP contribution in [0.1, 0.15) is 24.3 Å². The standard InChI is InChI=1S/C21H19FN2O2/c1-24-12-17(14-10-11-14)20(13-24)26-21(25)23-19-9-5-3-7-16(19)15-6-2-4-8-18(15)22/h2-9,12-14H,10-11H2,1H3,(H,23,25). The second-order valence-electron chi connectivity index (χ2n) is 6.56. The van der Waals surface area contributed by atoms with Gasteiger partial charge in [-0.05, 0) is 30.9 Å². The molecule has 1 saturated carbocycles. The minimum Gasteiger partial charge on any atom is -0.408 e. The summed E-state index contributed by atoms with van der Waals surface area (Å²) < 4.78 is 21.6. The zero-order valence-electron chi connectivity index (χ0n) is 14.4. The third kappa shape index (κ3) is 3.33. The van der Waals surface area contributed by atoms with E-state index >= 15 is 0 Å². The van der Waals surface area contributed by atoms with Crippen LogP contribution in [0.3, 0.4) is 0 Å². The second-order valence-corrected chi connectivity index (χ2v) is 6.56. The number of rotatable bonds is 4. The fourth-order valence-corrected chi connectivity index (χ4v) is 3.11. The molecular formula is C21H19FN2O2. The topological polar surface area (TPSA) is 43.3 Å². The number of halogens is 1. The van der Waals surface area contributed by atoms with Crippen LogP contribution in [0.15, 0.2) is 60.9 Å². The fourth-order valence-electron chi connectivity index (χ4n) is 3.11. The summed E-state index contributed by atoms with van der Waals surface area (Å²) >= 11 is 0. The van der Waals surface area contributed by atoms with E-state index in [1.807, 2.05) is 17.8 Å². The molecule has 1 fully saturated rings. The average molecular weight is 350 g/mol. The molecule has 1 aliphatic carbocycles. The van der Waals surface area contributed by atoms with Crippen molar-refractivity contribution < 1.29 is 13.9 Å². The van der Waals surface area contributed by atoms with E-state index in [4.69, 9.17) is 4.74 Å². The molecule has 1 heterocycles. The fraction of sp³-hybridized carbons (Fsp3) is 0.190. The van der Waals surface area contributed by atoms with Gasteiger partial charge < -0.3 is 9.30 Å². The molecule has 132 valence electrons. The van der Waals surface area contributed by atoms with E-state index < -0.39 is 6.09 Å². The van der Waals surface area contributed by atoms with Crippen molar-refractivity contribution in [3.8, 4) is 16.9 Å². The lowest BCUT2D eigenvalue weighted by Crippen LogP contribution is -2.17. The van der Waals surface area contributed by atoms with Gasteiger partial charge in [0.15, 0.2) is 5.75 Å². The van der Waals surface area contributed by atoms with Gasteiger partial charge in [0, 0.05) is 36.1 Å². The molecule has 0 unspecified atom stereocenters. The summed E-state index contributed by atoms with van der Waals surface area (Å²) in [6, 6.07) is 13.6. The molecule has 5 heteroatoms. The maximum absolute atomic E-state index is 14.1. The number of para-hydroxylation sites is 1. The number of nitrogens with zero attached hydrogens (tertiary/aromatic N) is 1. The number of aryl methyl sites for hydroxylation is 1. The Labute approximate surface area is 151 Å². The summed E-state index contributed by atoms with van der Waals surface area (Å²) in [7, 11) is 1.91. The Morgan fingerprint density at radius 1 is 1.08 bits per heavy atom. The molecule has 0 bridgehead atoms. The average Bonchev–Trinajstić information content (AvgIpc) is 3.40. The summed E-state index contributed by atoms with van der Waals surface area (Å²) in [5.41, 5.74) is 2.61. The molecule has 1 N–H and O–H groups in total. The van der Waals surface area contributed by atoms with Crippen molar-refractivity contribution in [3.05, 3.63) is 72.3 Å². The van der Waals surface area contributed by atoms with E-state index in [0.29, 0.717) is 28.5 Å². The Morgan fingerprint density at radius 2 is 1.77 bits per heavy atom. The number of anilines is 1. The van der Waals surface area contributed by atoms with Gasteiger partial charge in [-0.15, -0.1) is 0 Å². The SMILES string of the molecule is Cn1cc(OC(=O)Nc2ccccc2-c2ccccc2F)c(C2CC2)c1. The summed E-state index contributed by atoms with van der Waals surface area (Å²) in [5, 5.41) is 2.74. The van der Waals surface area contributed by atoms with Gasteiger partial charge in [-0.25, -0.2) is 9.18 Å². The van der Waals surface area contributed by atoms with Crippen molar-refractivity contribution in [1.29, 1.82) is 0 Å². The van der Waals surface area contributed by atoms with E-state index in [0.717, 1.165) is 18.4 Å². The third-order valence-corrected chi connectivity index (χ3v) is 4.50. The van der Waals surface area contributed by atoms with Gasteiger partial charge in [0.05, 0.1) is 5.69 Å². The minimum atomic E-state index is -0.582. The predicted molar refractivity (Wildman–Crippen MR) is 98.9 cm³/mol. The Kier molecular flexibility index (Phi) is 4.21. The van der Waals surface area contributed by atoms with Crippen molar-refractivity contribution >= 4 is 11.8 Å². The highest BCUT2D eigenvalue weighted by atomic mass is 19.1. The van der Waals surface area contributed by atoms with Crippen LogP contribution in [0.25, 0.3) is 11.1 Å². The van der Waals surface area contributed by atoms with Gasteiger partial charge >= 0.3 is 6.09 Å². The van der Waals surface area contributed by atoms with Gasteiger partial charge in [-0.2, -0.15) is 0 Å². The lowest BCUT2D eigenvalue weighted by atomic mass is 10.0. The maximum atomic E-state index is 14.1. The first kappa shape index (κ1) is 16.4. The smallest absolute Gasteiger partial charge is 0.408 e. The maximum Gasteiger partial charge on any atom is 0.417 e. The van der Waals surface area contributed by atoms with Gasteiger partial charge in [0.2, 0.25) is 0 Å². The van der Waals surface area contributed by atoms with Crippen molar-refractivity contribution in [2.24, 2.45) is 7.05 Å². The summed E-state index contributed by atoms with van der Waals surface area (Å²) in [4.78, 5) is 12.4. The lowest BCUT2D eigenvalue weighted by molar-refractivity contribution is 0.215. The summed E-state index contributed by atoms with van der Waals surface area (Å²) in [6.45, 7) is 0. The van der Waals surface area contributed by atoms with E-state index in [9.17, 15) is 9.18 Å². The van der Waals surface area contributed by atoms with Crippen LogP contribution in [0.5, 0.6) is 5.75 Å². The van der Waals surface area contributed by atoms with Crippen LogP contribution >= 0.6 is 0 Å². The number of nitrogens with one attached hydrogen (secondary N) is 1. The number of carbonyl (C=O) groups excluding carboxylic acids is 1. The molecule has 4 nitrogen and oxygen atoms in total. The molecule has 0 radical (unpaired) electrons. The molecule has 3 aromatic rings. The molecule has 26 heavy (non-hydrogen) atoms. The largest absolute Gasteiger partial charge is 0.417 e. The molecule has 4 rings (SSSR count). The number of carbonyl (C=O) groups is 1. The van der Waals surface area contributed by atoms with Crippen molar-refractivity contribution in [1.82, 2.24) is 4.57 Å². The Balaban J connectivity index is 1.57. The van der Waals surface area contributed by atoms with Crippen molar-refractivity contribution in [2.75, 3.05) is 5.32 Å². The highest BCUT2D eigenvalue weighted by Gasteiger charge is 2.29. The lowest BCUT2D eigenvalue weighted by Gasteiger charge is -2.12. The number of aromatic nitrogens is 1. The van der Waals surface area contributed by atoms with Crippen molar-refractivity contribution in [2.45, 2.75) is 18.8 Å². The van der Waals surface area contributed by atoms with E-state index in [1.54, 1.807) is 48.7 Å². The molecule has 0 atom stereocenters. The monoisotopic (exact) mass is 350 g/mol. The van der Waals surface area contributed by atoms with Crippen LogP contribution in [0.4, 0.5) is 14.9 Å². The number of amides is 1. The molecule has 0 saturated heterocycles. The molecular weight excluding hydrogens is 331 g/mol. The van der Waals surface area contributed by atoms with Gasteiger partial charge in [-0.3, -0.25) is 5.32 Å². The van der Waals surface area contributed by atoms with Crippen LogP contribution < -0.4 is 10.1 Å². The Morgan fingerprint density at radius 3 is 2.50 bits per heavy atom. The Bertz CT molecular complexity index is 960. The van der Waals surface area contributed by atoms with Crippen LogP contribution in [0.2, 0.25) is 0 Å². The van der Waals surface area contributed by atoms with Crippen molar-refractivity contribution in [3.63, 3.8) is 0 Å². The highest BCUT2D eigenvalue weighted by Crippen LogP contribution is 2.44. The highest BCUT2D eigenvalue weighted by molar-refractivity contribution is 5.92. The van der Waals surface area contributed by atoms with Gasteiger partial charge in [0.25, 0.3) is 0 Å². The zero-order chi connectivity index (χ0) is 18.1. The van der Waals surface area contributed by atoms with Crippen LogP contribution in [-0.4, -0.2) is 10.7 Å². The van der Waals surface area contributed by atoms with Gasteiger partial charge in [0.1, 0.15) is 5.82 Å². The quantitative estimate of drug-likeness (QED) is 0.692. The predicted octanol–water partition coefficient (Wildman–Crippen LogP) is 5.32. The van der Waals surface area contributed by atoms with E-state index in [2.05, 4.69) is 5.32 Å². The summed E-state index contributed by atoms with van der Waals surface area (Å²) in [6.07, 6.45) is 5.46. The van der Waals surface area contributed by atoms with Crippen LogP contribution in [-0.2, 0) is 7.05 Å². The van der Waals surface area contributed by atoms with E-state index in [-0.39, 0.29) is 5.82 Å². The van der Waals surface area contributed by atoms with Gasteiger partial charge in [-0.1, -0.05) is 36.4 Å². The minimum absolute atomic E-state index is 0.339. The molecule has 0 spiro atoms. The zero-order valence-corrected chi connectivity index (χ0v) is 14.4. The summed E-state index contributed by atoms with van der Waals surface area (Å²) in [5.74, 6) is 0.717. The number of ether oxygens (including phenoxy) is 1. The number of hydrogen-bond acceptors (Lipinski definition) is 2. The number of hydrogen-bond donors (Lipinski definition) is 1. The number of benzene rings is 2. The molecule has 1 amide bonds.